The maximum absolute atomic E-state index is 12.5. The van der Waals surface area contributed by atoms with Gasteiger partial charge < -0.3 is 14.2 Å². The molecule has 1 aliphatic carbocycles. The predicted molar refractivity (Wildman–Crippen MR) is 94.4 cm³/mol. The van der Waals surface area contributed by atoms with Crippen LogP contribution in [0.3, 0.4) is 0 Å². The second kappa shape index (κ2) is 7.48. The van der Waals surface area contributed by atoms with Crippen molar-refractivity contribution in [3.05, 3.63) is 35.4 Å². The lowest BCUT2D eigenvalue weighted by atomic mass is 9.66. The zero-order valence-corrected chi connectivity index (χ0v) is 16.0. The molecule has 0 aromatic heterocycles. The van der Waals surface area contributed by atoms with Crippen LogP contribution in [0.25, 0.3) is 0 Å². The Morgan fingerprint density at radius 2 is 1.65 bits per heavy atom. The summed E-state index contributed by atoms with van der Waals surface area (Å²) in [5, 5.41) is 0. The molecule has 0 radical (unpaired) electrons. The van der Waals surface area contributed by atoms with Gasteiger partial charge in [-0.1, -0.05) is 24.3 Å². The number of hydrogen-bond acceptors (Lipinski definition) is 6. The molecule has 2 rings (SSSR count). The fourth-order valence-electron chi connectivity index (χ4n) is 3.57. The van der Waals surface area contributed by atoms with Gasteiger partial charge in [-0.25, -0.2) is 0 Å². The first kappa shape index (κ1) is 19.9. The van der Waals surface area contributed by atoms with Crippen molar-refractivity contribution >= 4 is 17.9 Å². The summed E-state index contributed by atoms with van der Waals surface area (Å²) in [4.78, 5) is 37.4. The van der Waals surface area contributed by atoms with E-state index in [0.717, 1.165) is 11.1 Å². The summed E-state index contributed by atoms with van der Waals surface area (Å²) in [6.45, 7) is 5.40. The van der Waals surface area contributed by atoms with Crippen LogP contribution < -0.4 is 0 Å². The highest BCUT2D eigenvalue weighted by molar-refractivity contribution is 6.01. The molecule has 0 aliphatic heterocycles. The van der Waals surface area contributed by atoms with Crippen LogP contribution >= 0.6 is 0 Å². The largest absolute Gasteiger partial charge is 0.468 e. The van der Waals surface area contributed by atoms with Gasteiger partial charge in [0, 0.05) is 0 Å². The van der Waals surface area contributed by atoms with Gasteiger partial charge >= 0.3 is 17.9 Å². The molecule has 1 atom stereocenters. The van der Waals surface area contributed by atoms with Gasteiger partial charge in [0.2, 0.25) is 0 Å². The van der Waals surface area contributed by atoms with E-state index in [1.165, 1.54) is 14.2 Å². The molecule has 1 unspecified atom stereocenters. The first-order chi connectivity index (χ1) is 12.1. The van der Waals surface area contributed by atoms with E-state index in [4.69, 9.17) is 14.2 Å². The van der Waals surface area contributed by atoms with Crippen LogP contribution in [-0.4, -0.2) is 37.7 Å². The highest BCUT2D eigenvalue weighted by atomic mass is 16.6. The van der Waals surface area contributed by atoms with E-state index in [-0.39, 0.29) is 31.1 Å². The molecule has 0 spiro atoms. The number of carbonyl (C=O) groups is 3. The third-order valence-corrected chi connectivity index (χ3v) is 4.57. The number of esters is 3. The van der Waals surface area contributed by atoms with Crippen LogP contribution in [0, 0.1) is 5.41 Å². The average molecular weight is 362 g/mol. The Hall–Kier alpha value is -2.37. The van der Waals surface area contributed by atoms with E-state index in [1.54, 1.807) is 20.8 Å². The zero-order chi connectivity index (χ0) is 19.5. The van der Waals surface area contributed by atoms with Crippen LogP contribution in [0.5, 0.6) is 0 Å². The molecular weight excluding hydrogens is 336 g/mol. The molecule has 1 aliphatic rings. The van der Waals surface area contributed by atoms with E-state index in [0.29, 0.717) is 0 Å². The first-order valence-electron chi connectivity index (χ1n) is 8.59. The SMILES string of the molecule is COC(=O)C1(C(=O)OC)Cc2ccccc2C(CC(=O)OC(C)(C)C)C1. The number of fused-ring (bicyclic) bond motifs is 1. The molecule has 1 aromatic carbocycles. The Bertz CT molecular complexity index is 684. The Kier molecular flexibility index (Phi) is 5.74. The monoisotopic (exact) mass is 362 g/mol. The lowest BCUT2D eigenvalue weighted by molar-refractivity contribution is -0.172. The quantitative estimate of drug-likeness (QED) is 0.466. The van der Waals surface area contributed by atoms with E-state index < -0.39 is 23.0 Å². The fourth-order valence-corrected chi connectivity index (χ4v) is 3.57. The Morgan fingerprint density at radius 1 is 1.08 bits per heavy atom. The van der Waals surface area contributed by atoms with Crippen molar-refractivity contribution in [1.82, 2.24) is 0 Å². The summed E-state index contributed by atoms with van der Waals surface area (Å²) in [7, 11) is 2.49. The number of hydrogen-bond donors (Lipinski definition) is 0. The Labute approximate surface area is 153 Å². The van der Waals surface area contributed by atoms with Crippen molar-refractivity contribution < 1.29 is 28.6 Å². The smallest absolute Gasteiger partial charge is 0.323 e. The average Bonchev–Trinajstić information content (AvgIpc) is 2.58. The maximum atomic E-state index is 12.5. The number of ether oxygens (including phenoxy) is 3. The molecule has 1 aromatic rings. The number of benzene rings is 1. The van der Waals surface area contributed by atoms with Crippen molar-refractivity contribution in [1.29, 1.82) is 0 Å². The van der Waals surface area contributed by atoms with Crippen molar-refractivity contribution in [3.8, 4) is 0 Å². The minimum absolute atomic E-state index is 0.0734. The van der Waals surface area contributed by atoms with E-state index in [1.807, 2.05) is 24.3 Å². The first-order valence-corrected chi connectivity index (χ1v) is 8.59. The van der Waals surface area contributed by atoms with E-state index >= 15 is 0 Å². The summed E-state index contributed by atoms with van der Waals surface area (Å²) < 4.78 is 15.2. The Morgan fingerprint density at radius 3 is 2.19 bits per heavy atom. The van der Waals surface area contributed by atoms with E-state index in [9.17, 15) is 14.4 Å². The van der Waals surface area contributed by atoms with Gasteiger partial charge in [-0.3, -0.25) is 14.4 Å². The molecule has 0 fully saturated rings. The normalized spacial score (nSPS) is 18.4. The van der Waals surface area contributed by atoms with Crippen LogP contribution in [0.4, 0.5) is 0 Å². The van der Waals surface area contributed by atoms with Crippen LogP contribution in [0.2, 0.25) is 0 Å². The van der Waals surface area contributed by atoms with Gasteiger partial charge in [-0.15, -0.1) is 0 Å². The highest BCUT2D eigenvalue weighted by Gasteiger charge is 2.53. The number of carbonyl (C=O) groups excluding carboxylic acids is 3. The summed E-state index contributed by atoms with van der Waals surface area (Å²) in [5.41, 5.74) is -0.276. The topological polar surface area (TPSA) is 78.9 Å². The molecule has 0 saturated heterocycles. The lowest BCUT2D eigenvalue weighted by Gasteiger charge is -2.37. The number of rotatable bonds is 4. The lowest BCUT2D eigenvalue weighted by Crippen LogP contribution is -2.47. The highest BCUT2D eigenvalue weighted by Crippen LogP contribution is 2.45. The van der Waals surface area contributed by atoms with Gasteiger partial charge in [-0.05, 0) is 50.7 Å². The van der Waals surface area contributed by atoms with Crippen molar-refractivity contribution in [2.75, 3.05) is 14.2 Å². The second-order valence-electron chi connectivity index (χ2n) is 7.63. The van der Waals surface area contributed by atoms with Crippen LogP contribution in [-0.2, 0) is 35.0 Å². The second-order valence-corrected chi connectivity index (χ2v) is 7.63. The molecule has 0 amide bonds. The maximum Gasteiger partial charge on any atom is 0.323 e. The van der Waals surface area contributed by atoms with Crippen molar-refractivity contribution in [2.24, 2.45) is 5.41 Å². The number of methoxy groups -OCH3 is 2. The molecule has 6 heteroatoms. The minimum Gasteiger partial charge on any atom is -0.468 e. The third kappa shape index (κ3) is 4.06. The molecule has 0 N–H and O–H groups in total. The molecule has 0 saturated carbocycles. The molecule has 6 nitrogen and oxygen atoms in total. The third-order valence-electron chi connectivity index (χ3n) is 4.57. The minimum atomic E-state index is -1.45. The molecule has 26 heavy (non-hydrogen) atoms. The van der Waals surface area contributed by atoms with Gasteiger partial charge in [-0.2, -0.15) is 0 Å². The summed E-state index contributed by atoms with van der Waals surface area (Å²) in [6.07, 6.45) is 0.403. The summed E-state index contributed by atoms with van der Waals surface area (Å²) in [5.74, 6) is -2.00. The Balaban J connectivity index is 2.42. The van der Waals surface area contributed by atoms with Crippen molar-refractivity contribution in [2.45, 2.75) is 51.6 Å². The van der Waals surface area contributed by atoms with E-state index in [2.05, 4.69) is 0 Å². The molecule has 0 heterocycles. The van der Waals surface area contributed by atoms with Crippen LogP contribution in [0.1, 0.15) is 50.7 Å². The van der Waals surface area contributed by atoms with Gasteiger partial charge in [0.05, 0.1) is 20.6 Å². The molecule has 0 bridgehead atoms. The fraction of sp³-hybridized carbons (Fsp3) is 0.550. The molecular formula is C20H26O6. The predicted octanol–water partition coefficient (Wildman–Crippen LogP) is 2.78. The van der Waals surface area contributed by atoms with Gasteiger partial charge in [0.25, 0.3) is 0 Å². The standard InChI is InChI=1S/C20H26O6/c1-19(2,3)26-16(21)10-14-12-20(17(22)24-4,18(23)25-5)11-13-8-6-7-9-15(13)14/h6-9,14H,10-12H2,1-5H3. The van der Waals surface area contributed by atoms with Crippen molar-refractivity contribution in [3.63, 3.8) is 0 Å². The zero-order valence-electron chi connectivity index (χ0n) is 16.0. The van der Waals surface area contributed by atoms with Crippen LogP contribution in [0.15, 0.2) is 24.3 Å². The van der Waals surface area contributed by atoms with Gasteiger partial charge in [0.1, 0.15) is 5.60 Å². The summed E-state index contributed by atoms with van der Waals surface area (Å²) >= 11 is 0. The molecule has 142 valence electrons. The summed E-state index contributed by atoms with van der Waals surface area (Å²) in [6, 6.07) is 7.50. The van der Waals surface area contributed by atoms with Gasteiger partial charge in [0.15, 0.2) is 5.41 Å².